The molecule has 0 nitrogen and oxygen atoms in total. The highest BCUT2D eigenvalue weighted by Gasteiger charge is 2.34. The third-order valence-electron chi connectivity index (χ3n) is 7.38. The summed E-state index contributed by atoms with van der Waals surface area (Å²) in [4.78, 5) is 0. The van der Waals surface area contributed by atoms with E-state index in [1.54, 1.807) is 40.7 Å². The van der Waals surface area contributed by atoms with Gasteiger partial charge < -0.3 is 0 Å². The molecule has 0 N–H and O–H groups in total. The van der Waals surface area contributed by atoms with Crippen molar-refractivity contribution in [3.63, 3.8) is 0 Å². The number of hydrogen-bond acceptors (Lipinski definition) is 0. The van der Waals surface area contributed by atoms with Crippen molar-refractivity contribution in [1.82, 2.24) is 0 Å². The Balaban J connectivity index is 0.000000490. The second-order valence-electron chi connectivity index (χ2n) is 10.5. The Bertz CT molecular complexity index is 1420. The zero-order chi connectivity index (χ0) is 32.7. The summed E-state index contributed by atoms with van der Waals surface area (Å²) in [5, 5.41) is 0. The third-order valence-corrected chi connectivity index (χ3v) is 7.38. The topological polar surface area (TPSA) is 0 Å². The van der Waals surface area contributed by atoms with Gasteiger partial charge in [0.15, 0.2) is 0 Å². The van der Waals surface area contributed by atoms with Crippen molar-refractivity contribution >= 4 is 5.57 Å². The minimum Gasteiger partial charge on any atom is -0.207 e. The zero-order valence-electron chi connectivity index (χ0n) is 25.4. The van der Waals surface area contributed by atoms with E-state index in [1.165, 1.54) is 18.2 Å². The predicted octanol–water partition coefficient (Wildman–Crippen LogP) is 12.1. The monoisotopic (exact) mass is 610 g/mol. The molecule has 0 radical (unpaired) electrons. The van der Waals surface area contributed by atoms with E-state index in [0.717, 1.165) is 24.3 Å². The molecule has 0 spiro atoms. The van der Waals surface area contributed by atoms with Gasteiger partial charge in [-0.15, -0.1) is 0 Å². The van der Waals surface area contributed by atoms with Crippen molar-refractivity contribution in [2.24, 2.45) is 0 Å². The average molecular weight is 611 g/mol. The van der Waals surface area contributed by atoms with Gasteiger partial charge in [-0.05, 0) is 141 Å². The van der Waals surface area contributed by atoms with Crippen LogP contribution >= 0.6 is 0 Å². The van der Waals surface area contributed by atoms with Gasteiger partial charge in [0.1, 0.15) is 11.6 Å². The molecule has 0 aliphatic heterocycles. The SMILES string of the molecule is C=C(CC)C(=C\C)/C=C(\C=C(/C)C1=C(c2cc(C(F)(F)F)ccc2C)CCC1)C(F)(F)F.CCc1c(F)cc(C)cc1F. The van der Waals surface area contributed by atoms with E-state index in [0.29, 0.717) is 76.7 Å². The van der Waals surface area contributed by atoms with Crippen molar-refractivity contribution < 1.29 is 35.1 Å². The lowest BCUT2D eigenvalue weighted by Crippen LogP contribution is -2.11. The van der Waals surface area contributed by atoms with Crippen LogP contribution in [0.1, 0.15) is 81.2 Å². The lowest BCUT2D eigenvalue weighted by Gasteiger charge is -2.16. The second-order valence-corrected chi connectivity index (χ2v) is 10.5. The van der Waals surface area contributed by atoms with Gasteiger partial charge in [0.2, 0.25) is 0 Å². The molecule has 0 amide bonds. The molecule has 0 heterocycles. The number of alkyl halides is 6. The fourth-order valence-corrected chi connectivity index (χ4v) is 4.95. The van der Waals surface area contributed by atoms with Crippen LogP contribution in [0.4, 0.5) is 35.1 Å². The van der Waals surface area contributed by atoms with Gasteiger partial charge in [-0.1, -0.05) is 32.6 Å². The van der Waals surface area contributed by atoms with Gasteiger partial charge >= 0.3 is 12.4 Å². The van der Waals surface area contributed by atoms with Crippen LogP contribution in [-0.4, -0.2) is 6.18 Å². The number of rotatable bonds is 7. The van der Waals surface area contributed by atoms with E-state index < -0.39 is 35.1 Å². The van der Waals surface area contributed by atoms with Gasteiger partial charge in [-0.3, -0.25) is 0 Å². The summed E-state index contributed by atoms with van der Waals surface area (Å²) in [6.45, 7) is 14.0. The lowest BCUT2D eigenvalue weighted by atomic mass is 9.92. The second kappa shape index (κ2) is 14.8. The molecule has 1 aliphatic rings. The Morgan fingerprint density at radius 2 is 1.51 bits per heavy atom. The number of hydrogen-bond donors (Lipinski definition) is 0. The van der Waals surface area contributed by atoms with Crippen molar-refractivity contribution in [2.75, 3.05) is 0 Å². The standard InChI is InChI=1S/C26H28F6.C9H10F2/c1-6-16(3)19(7-2)14-21(26(30,31)32)13-18(5)22-9-8-10-23(22)24-15-20(25(27,28)29)12-11-17(24)4;1-3-7-8(10)4-6(2)5-9(7)11/h7,11-15H,3,6,8-10H2,1-2,4-5H3;4-5H,3H2,1-2H3/b18-13+,19-7-,21-14+;. The van der Waals surface area contributed by atoms with Crippen LogP contribution in [0.2, 0.25) is 0 Å². The van der Waals surface area contributed by atoms with Crippen molar-refractivity contribution in [2.45, 2.75) is 86.0 Å². The molecule has 0 unspecified atom stereocenters. The number of benzene rings is 2. The molecule has 0 saturated heterocycles. The maximum absolute atomic E-state index is 13.8. The fraction of sp³-hybridized carbons (Fsp3) is 0.371. The van der Waals surface area contributed by atoms with Gasteiger partial charge in [0, 0.05) is 5.56 Å². The summed E-state index contributed by atoms with van der Waals surface area (Å²) < 4.78 is 107. The normalized spacial score (nSPS) is 15.1. The highest BCUT2D eigenvalue weighted by Crippen LogP contribution is 2.42. The Morgan fingerprint density at radius 1 is 0.907 bits per heavy atom. The maximum atomic E-state index is 13.8. The summed E-state index contributed by atoms with van der Waals surface area (Å²) in [6, 6.07) is 6.24. The average Bonchev–Trinajstić information content (AvgIpc) is 3.39. The predicted molar refractivity (Wildman–Crippen MR) is 159 cm³/mol. The summed E-state index contributed by atoms with van der Waals surface area (Å²) in [7, 11) is 0. The maximum Gasteiger partial charge on any atom is 0.416 e. The number of aryl methyl sites for hydroxylation is 2. The quantitative estimate of drug-likeness (QED) is 0.216. The molecule has 3 rings (SSSR count). The number of allylic oxidation sites excluding steroid dienone is 9. The van der Waals surface area contributed by atoms with Crippen LogP contribution < -0.4 is 0 Å². The first kappa shape index (κ1) is 35.8. The molecule has 234 valence electrons. The van der Waals surface area contributed by atoms with Crippen LogP contribution in [0.15, 0.2) is 83.0 Å². The zero-order valence-corrected chi connectivity index (χ0v) is 25.4. The molecule has 1 aliphatic carbocycles. The Hall–Kier alpha value is -3.42. The van der Waals surface area contributed by atoms with E-state index in [-0.39, 0.29) is 5.56 Å². The molecule has 0 aromatic heterocycles. The molecule has 0 saturated carbocycles. The Kier molecular flexibility index (Phi) is 12.4. The van der Waals surface area contributed by atoms with E-state index >= 15 is 0 Å². The van der Waals surface area contributed by atoms with E-state index in [1.807, 2.05) is 6.92 Å². The molecule has 8 heteroatoms. The van der Waals surface area contributed by atoms with Crippen LogP contribution in [0.5, 0.6) is 0 Å². The molecule has 2 aromatic carbocycles. The fourth-order valence-electron chi connectivity index (χ4n) is 4.95. The summed E-state index contributed by atoms with van der Waals surface area (Å²) in [6.07, 6.45) is -2.63. The van der Waals surface area contributed by atoms with Crippen LogP contribution in [0.25, 0.3) is 5.57 Å². The first-order valence-corrected chi connectivity index (χ1v) is 14.1. The van der Waals surface area contributed by atoms with Crippen LogP contribution in [0.3, 0.4) is 0 Å². The van der Waals surface area contributed by atoms with Crippen LogP contribution in [-0.2, 0) is 12.6 Å². The van der Waals surface area contributed by atoms with Gasteiger partial charge in [0.05, 0.1) is 11.1 Å². The van der Waals surface area contributed by atoms with Crippen LogP contribution in [0, 0.1) is 25.5 Å². The smallest absolute Gasteiger partial charge is 0.207 e. The Morgan fingerprint density at radius 3 is 2.00 bits per heavy atom. The Labute approximate surface area is 249 Å². The van der Waals surface area contributed by atoms with Gasteiger partial charge in [0.25, 0.3) is 0 Å². The molecule has 0 atom stereocenters. The highest BCUT2D eigenvalue weighted by molar-refractivity contribution is 5.77. The van der Waals surface area contributed by atoms with Crippen molar-refractivity contribution in [1.29, 1.82) is 0 Å². The molecule has 0 bridgehead atoms. The highest BCUT2D eigenvalue weighted by atomic mass is 19.4. The van der Waals surface area contributed by atoms with Crippen molar-refractivity contribution in [3.8, 4) is 0 Å². The van der Waals surface area contributed by atoms with E-state index in [9.17, 15) is 35.1 Å². The minimum atomic E-state index is -4.57. The molecule has 0 fully saturated rings. The summed E-state index contributed by atoms with van der Waals surface area (Å²) in [5.74, 6) is -0.880. The van der Waals surface area contributed by atoms with E-state index in [4.69, 9.17) is 0 Å². The summed E-state index contributed by atoms with van der Waals surface area (Å²) in [5.41, 5.74) is 3.14. The lowest BCUT2D eigenvalue weighted by molar-refractivity contribution is -0.137. The first-order chi connectivity index (χ1) is 19.9. The van der Waals surface area contributed by atoms with E-state index in [2.05, 4.69) is 6.58 Å². The summed E-state index contributed by atoms with van der Waals surface area (Å²) >= 11 is 0. The first-order valence-electron chi connectivity index (χ1n) is 14.1. The molecular formula is C35H38F8. The minimum absolute atomic E-state index is 0.176. The number of halogens is 8. The third kappa shape index (κ3) is 9.54. The molecule has 2 aromatic rings. The van der Waals surface area contributed by atoms with Gasteiger partial charge in [-0.2, -0.15) is 26.3 Å². The van der Waals surface area contributed by atoms with Gasteiger partial charge in [-0.25, -0.2) is 8.78 Å². The molecular weight excluding hydrogens is 572 g/mol. The van der Waals surface area contributed by atoms with Crippen molar-refractivity contribution in [3.05, 3.63) is 122 Å². The molecule has 43 heavy (non-hydrogen) atoms. The largest absolute Gasteiger partial charge is 0.416 e.